The van der Waals surface area contributed by atoms with Crippen molar-refractivity contribution < 1.29 is 22.4 Å². The van der Waals surface area contributed by atoms with E-state index in [1.54, 1.807) is 19.9 Å². The summed E-state index contributed by atoms with van der Waals surface area (Å²) in [6.45, 7) is 9.32. The minimum Gasteiger partial charge on any atom is -0.416 e. The summed E-state index contributed by atoms with van der Waals surface area (Å²) in [5.74, 6) is -0.0279. The van der Waals surface area contributed by atoms with E-state index in [0.717, 1.165) is 12.1 Å². The smallest absolute Gasteiger partial charge is 0.286 e. The number of halogens is 1. The van der Waals surface area contributed by atoms with Crippen LogP contribution in [-0.2, 0) is 10.2 Å². The van der Waals surface area contributed by atoms with Gasteiger partial charge >= 0.3 is 0 Å². The summed E-state index contributed by atoms with van der Waals surface area (Å²) in [7, 11) is -3.41. The van der Waals surface area contributed by atoms with Gasteiger partial charge in [0, 0.05) is 11.5 Å². The van der Waals surface area contributed by atoms with Gasteiger partial charge in [-0.1, -0.05) is 25.9 Å². The van der Waals surface area contributed by atoms with Gasteiger partial charge in [-0.15, -0.1) is 10.2 Å². The highest BCUT2D eigenvalue weighted by Gasteiger charge is 2.42. The standard InChI is InChI=1S/C19H24FN3O4S/c1-6-18(2,3)15-11-14(27-23-15)16-21-22-17(26-16)19(4,5)28(24,25)13-9-7-12(20)8-10-13/h7-11,24-25H,6H2,1-5H3. The molecule has 2 N–H and O–H groups in total. The number of hydrogen-bond acceptors (Lipinski definition) is 7. The second-order valence-electron chi connectivity index (χ2n) is 7.74. The predicted octanol–water partition coefficient (Wildman–Crippen LogP) is 5.60. The topological polar surface area (TPSA) is 105 Å². The molecule has 0 spiro atoms. The van der Waals surface area contributed by atoms with Crippen molar-refractivity contribution >= 4 is 10.6 Å². The van der Waals surface area contributed by atoms with Gasteiger partial charge in [0.15, 0.2) is 0 Å². The highest BCUT2D eigenvalue weighted by Crippen LogP contribution is 2.63. The third-order valence-corrected chi connectivity index (χ3v) is 7.62. The first kappa shape index (κ1) is 20.5. The van der Waals surface area contributed by atoms with Gasteiger partial charge in [-0.3, -0.25) is 9.11 Å². The molecule has 0 radical (unpaired) electrons. The molecule has 2 heterocycles. The molecule has 0 fully saturated rings. The number of benzene rings is 1. The minimum absolute atomic E-state index is 0.0273. The van der Waals surface area contributed by atoms with E-state index in [4.69, 9.17) is 8.94 Å². The fourth-order valence-corrected chi connectivity index (χ4v) is 3.91. The Morgan fingerprint density at radius 3 is 2.32 bits per heavy atom. The maximum Gasteiger partial charge on any atom is 0.286 e. The zero-order valence-electron chi connectivity index (χ0n) is 16.4. The predicted molar refractivity (Wildman–Crippen MR) is 104 cm³/mol. The van der Waals surface area contributed by atoms with Crippen molar-refractivity contribution in [3.05, 3.63) is 47.7 Å². The zero-order valence-corrected chi connectivity index (χ0v) is 17.2. The molecular weight excluding hydrogens is 385 g/mol. The Labute approximate surface area is 164 Å². The molecule has 2 aromatic heterocycles. The highest BCUT2D eigenvalue weighted by molar-refractivity contribution is 8.25. The largest absolute Gasteiger partial charge is 0.416 e. The summed E-state index contributed by atoms with van der Waals surface area (Å²) in [4.78, 5) is 0.185. The van der Waals surface area contributed by atoms with E-state index in [1.807, 2.05) is 0 Å². The molecule has 0 saturated carbocycles. The van der Waals surface area contributed by atoms with Crippen LogP contribution >= 0.6 is 10.6 Å². The summed E-state index contributed by atoms with van der Waals surface area (Å²) in [6.07, 6.45) is 0.875. The third-order valence-electron chi connectivity index (χ3n) is 5.09. The van der Waals surface area contributed by atoms with Gasteiger partial charge in [-0.05, 0) is 44.5 Å². The third kappa shape index (κ3) is 3.45. The van der Waals surface area contributed by atoms with Crippen LogP contribution in [0, 0.1) is 5.82 Å². The zero-order chi connectivity index (χ0) is 20.7. The average Bonchev–Trinajstić information content (AvgIpc) is 3.31. The summed E-state index contributed by atoms with van der Waals surface area (Å²) in [5, 5.41) is 12.0. The lowest BCUT2D eigenvalue weighted by Crippen LogP contribution is -2.26. The molecule has 7 nitrogen and oxygen atoms in total. The van der Waals surface area contributed by atoms with E-state index in [-0.39, 0.29) is 22.1 Å². The van der Waals surface area contributed by atoms with Crippen molar-refractivity contribution in [3.63, 3.8) is 0 Å². The number of nitrogens with zero attached hydrogens (tertiary/aromatic N) is 3. The summed E-state index contributed by atoms with van der Waals surface area (Å²) < 4.78 is 44.6. The van der Waals surface area contributed by atoms with Crippen molar-refractivity contribution in [3.8, 4) is 11.7 Å². The fraction of sp³-hybridized carbons (Fsp3) is 0.421. The first-order chi connectivity index (χ1) is 13.0. The molecule has 0 aliphatic rings. The molecule has 152 valence electrons. The van der Waals surface area contributed by atoms with E-state index in [9.17, 15) is 13.5 Å². The monoisotopic (exact) mass is 409 g/mol. The minimum atomic E-state index is -3.41. The lowest BCUT2D eigenvalue weighted by molar-refractivity contribution is 0.368. The lowest BCUT2D eigenvalue weighted by atomic mass is 9.86. The molecule has 0 atom stereocenters. The maximum absolute atomic E-state index is 13.2. The molecule has 3 rings (SSSR count). The van der Waals surface area contributed by atoms with Crippen molar-refractivity contribution in [2.75, 3.05) is 0 Å². The van der Waals surface area contributed by atoms with Crippen LogP contribution < -0.4 is 0 Å². The number of aromatic nitrogens is 3. The van der Waals surface area contributed by atoms with Gasteiger partial charge in [0.2, 0.25) is 11.7 Å². The van der Waals surface area contributed by atoms with Crippen LogP contribution in [0.3, 0.4) is 0 Å². The molecule has 0 aliphatic heterocycles. The van der Waals surface area contributed by atoms with Gasteiger partial charge in [0.1, 0.15) is 10.6 Å². The second kappa shape index (κ2) is 6.98. The lowest BCUT2D eigenvalue weighted by Gasteiger charge is -2.44. The van der Waals surface area contributed by atoms with E-state index >= 15 is 0 Å². The first-order valence-corrected chi connectivity index (χ1v) is 10.4. The summed E-state index contributed by atoms with van der Waals surface area (Å²) >= 11 is 0. The van der Waals surface area contributed by atoms with Crippen molar-refractivity contribution in [1.82, 2.24) is 15.4 Å². The Morgan fingerprint density at radius 1 is 1.07 bits per heavy atom. The Balaban J connectivity index is 1.93. The van der Waals surface area contributed by atoms with Gasteiger partial charge in [0.25, 0.3) is 5.89 Å². The summed E-state index contributed by atoms with van der Waals surface area (Å²) in [6, 6.07) is 6.75. The number of rotatable bonds is 6. The quantitative estimate of drug-likeness (QED) is 0.546. The van der Waals surface area contributed by atoms with Crippen molar-refractivity contribution in [2.45, 2.75) is 56.1 Å². The van der Waals surface area contributed by atoms with Crippen LogP contribution in [0.2, 0.25) is 0 Å². The van der Waals surface area contributed by atoms with Gasteiger partial charge in [-0.2, -0.15) is 10.6 Å². The van der Waals surface area contributed by atoms with Gasteiger partial charge in [-0.25, -0.2) is 4.39 Å². The Morgan fingerprint density at radius 2 is 1.71 bits per heavy atom. The Hall–Kier alpha value is -2.23. The highest BCUT2D eigenvalue weighted by atomic mass is 32.3. The first-order valence-electron chi connectivity index (χ1n) is 8.84. The maximum atomic E-state index is 13.2. The van der Waals surface area contributed by atoms with Crippen LogP contribution in [0.25, 0.3) is 11.7 Å². The average molecular weight is 409 g/mol. The van der Waals surface area contributed by atoms with Crippen LogP contribution in [0.4, 0.5) is 4.39 Å². The fourth-order valence-electron chi connectivity index (χ4n) is 2.48. The number of hydrogen-bond donors (Lipinski definition) is 2. The molecule has 0 aliphatic carbocycles. The Kier molecular flexibility index (Phi) is 5.11. The Bertz CT molecular complexity index is 964. The van der Waals surface area contributed by atoms with Gasteiger partial charge < -0.3 is 8.94 Å². The molecule has 0 bridgehead atoms. The normalized spacial score (nSPS) is 13.7. The second-order valence-corrected chi connectivity index (χ2v) is 10.3. The van der Waals surface area contributed by atoms with E-state index in [2.05, 4.69) is 36.1 Å². The van der Waals surface area contributed by atoms with E-state index in [0.29, 0.717) is 5.76 Å². The van der Waals surface area contributed by atoms with Gasteiger partial charge in [0.05, 0.1) is 10.6 Å². The van der Waals surface area contributed by atoms with Crippen molar-refractivity contribution in [1.29, 1.82) is 0 Å². The molecular formula is C19H24FN3O4S. The van der Waals surface area contributed by atoms with E-state index < -0.39 is 21.2 Å². The molecule has 3 aromatic rings. The molecule has 0 saturated heterocycles. The SMILES string of the molecule is CCC(C)(C)c1cc(-c2nnc(C(C)(C)S(O)(O)c3ccc(F)cc3)o2)on1. The van der Waals surface area contributed by atoms with Crippen LogP contribution in [0.5, 0.6) is 0 Å². The van der Waals surface area contributed by atoms with Crippen molar-refractivity contribution in [2.24, 2.45) is 0 Å². The van der Waals surface area contributed by atoms with Crippen LogP contribution in [-0.4, -0.2) is 24.5 Å². The molecule has 0 amide bonds. The van der Waals surface area contributed by atoms with Crippen LogP contribution in [0.15, 0.2) is 44.2 Å². The molecule has 1 aromatic carbocycles. The molecule has 9 heteroatoms. The van der Waals surface area contributed by atoms with E-state index in [1.165, 1.54) is 24.3 Å². The van der Waals surface area contributed by atoms with Crippen LogP contribution in [0.1, 0.15) is 52.6 Å². The molecule has 28 heavy (non-hydrogen) atoms. The summed E-state index contributed by atoms with van der Waals surface area (Å²) in [5.41, 5.74) is 0.599. The molecule has 0 unspecified atom stereocenters.